The zero-order valence-corrected chi connectivity index (χ0v) is 14.4. The minimum atomic E-state index is -1.06. The van der Waals surface area contributed by atoms with Gasteiger partial charge in [-0.2, -0.15) is 0 Å². The van der Waals surface area contributed by atoms with Gasteiger partial charge in [0.25, 0.3) is 0 Å². The molecule has 0 aromatic heterocycles. The van der Waals surface area contributed by atoms with Crippen LogP contribution >= 0.6 is 0 Å². The maximum atomic E-state index is 12.2. The SMILES string of the molecule is CCCCCCCCCCCC1(O)CC(=O)c2ccccc2N1. The van der Waals surface area contributed by atoms with Crippen LogP contribution in [0.15, 0.2) is 24.3 Å². The standard InChI is InChI=1S/C20H31NO2/c1-2-3-4-5-6-7-8-9-12-15-20(23)16-19(22)17-13-10-11-14-18(17)21-20/h10-11,13-14,21,23H,2-9,12,15-16H2,1H3. The number of benzene rings is 1. The summed E-state index contributed by atoms with van der Waals surface area (Å²) in [7, 11) is 0. The van der Waals surface area contributed by atoms with E-state index in [0.717, 1.165) is 18.5 Å². The third-order valence-corrected chi connectivity index (χ3v) is 4.74. The number of fused-ring (bicyclic) bond motifs is 1. The first-order valence-electron chi connectivity index (χ1n) is 9.27. The molecule has 1 heterocycles. The van der Waals surface area contributed by atoms with Crippen molar-refractivity contribution in [1.82, 2.24) is 0 Å². The number of rotatable bonds is 10. The topological polar surface area (TPSA) is 49.3 Å². The summed E-state index contributed by atoms with van der Waals surface area (Å²) in [6.45, 7) is 2.24. The molecule has 0 aliphatic carbocycles. The molecule has 0 bridgehead atoms. The van der Waals surface area contributed by atoms with Crippen molar-refractivity contribution in [3.8, 4) is 0 Å². The molecule has 1 aliphatic heterocycles. The number of hydrogen-bond acceptors (Lipinski definition) is 3. The largest absolute Gasteiger partial charge is 0.371 e. The van der Waals surface area contributed by atoms with Gasteiger partial charge in [-0.3, -0.25) is 4.79 Å². The van der Waals surface area contributed by atoms with Gasteiger partial charge in [-0.25, -0.2) is 0 Å². The van der Waals surface area contributed by atoms with Crippen molar-refractivity contribution in [1.29, 1.82) is 0 Å². The minimum Gasteiger partial charge on any atom is -0.371 e. The van der Waals surface area contributed by atoms with Crippen LogP contribution in [0.4, 0.5) is 5.69 Å². The van der Waals surface area contributed by atoms with E-state index in [1.165, 1.54) is 44.9 Å². The molecule has 3 heteroatoms. The lowest BCUT2D eigenvalue weighted by Gasteiger charge is -2.34. The van der Waals surface area contributed by atoms with Gasteiger partial charge in [0.2, 0.25) is 0 Å². The molecule has 1 atom stereocenters. The fourth-order valence-electron chi connectivity index (χ4n) is 3.37. The molecule has 1 unspecified atom stereocenters. The predicted octanol–water partition coefficient (Wildman–Crippen LogP) is 5.29. The van der Waals surface area contributed by atoms with E-state index in [1.54, 1.807) is 0 Å². The summed E-state index contributed by atoms with van der Waals surface area (Å²) in [6, 6.07) is 7.45. The van der Waals surface area contributed by atoms with E-state index in [9.17, 15) is 9.90 Å². The van der Waals surface area contributed by atoms with Crippen LogP contribution in [0.1, 0.15) is 87.9 Å². The molecule has 0 radical (unpaired) electrons. The molecule has 1 aromatic rings. The zero-order valence-electron chi connectivity index (χ0n) is 14.4. The summed E-state index contributed by atoms with van der Waals surface area (Å²) in [6.07, 6.45) is 12.1. The highest BCUT2D eigenvalue weighted by Gasteiger charge is 2.35. The van der Waals surface area contributed by atoms with E-state index in [0.29, 0.717) is 12.0 Å². The van der Waals surface area contributed by atoms with Crippen LogP contribution in [-0.4, -0.2) is 16.6 Å². The Balaban J connectivity index is 1.65. The molecule has 23 heavy (non-hydrogen) atoms. The molecule has 0 fully saturated rings. The zero-order chi connectivity index (χ0) is 16.5. The summed E-state index contributed by atoms with van der Waals surface area (Å²) in [5.74, 6) is 0.0396. The fraction of sp³-hybridized carbons (Fsp3) is 0.650. The van der Waals surface area contributed by atoms with Crippen molar-refractivity contribution in [2.75, 3.05) is 5.32 Å². The monoisotopic (exact) mass is 317 g/mol. The second-order valence-corrected chi connectivity index (χ2v) is 6.88. The fourth-order valence-corrected chi connectivity index (χ4v) is 3.37. The minimum absolute atomic E-state index is 0.0396. The molecule has 1 aromatic carbocycles. The van der Waals surface area contributed by atoms with Crippen molar-refractivity contribution in [3.05, 3.63) is 29.8 Å². The van der Waals surface area contributed by atoms with Crippen molar-refractivity contribution < 1.29 is 9.90 Å². The van der Waals surface area contributed by atoms with Crippen LogP contribution in [0.25, 0.3) is 0 Å². The number of nitrogens with one attached hydrogen (secondary N) is 1. The third-order valence-electron chi connectivity index (χ3n) is 4.74. The quantitative estimate of drug-likeness (QED) is 0.576. The predicted molar refractivity (Wildman–Crippen MR) is 95.8 cm³/mol. The highest BCUT2D eigenvalue weighted by molar-refractivity contribution is 6.03. The highest BCUT2D eigenvalue weighted by Crippen LogP contribution is 2.32. The number of ketones is 1. The molecule has 0 amide bonds. The second kappa shape index (κ2) is 9.07. The van der Waals surface area contributed by atoms with E-state index in [-0.39, 0.29) is 12.2 Å². The van der Waals surface area contributed by atoms with E-state index in [1.807, 2.05) is 24.3 Å². The van der Waals surface area contributed by atoms with Gasteiger partial charge >= 0.3 is 0 Å². The maximum Gasteiger partial charge on any atom is 0.169 e. The summed E-state index contributed by atoms with van der Waals surface area (Å²) in [5, 5.41) is 13.8. The first-order chi connectivity index (χ1) is 11.1. The van der Waals surface area contributed by atoms with Crippen LogP contribution in [-0.2, 0) is 0 Å². The van der Waals surface area contributed by atoms with Crippen LogP contribution < -0.4 is 5.32 Å². The third kappa shape index (κ3) is 5.65. The lowest BCUT2D eigenvalue weighted by Crippen LogP contribution is -2.43. The normalized spacial score (nSPS) is 20.2. The average molecular weight is 317 g/mol. The molecule has 3 nitrogen and oxygen atoms in total. The lowest BCUT2D eigenvalue weighted by atomic mass is 9.90. The number of aliphatic hydroxyl groups is 1. The summed E-state index contributed by atoms with van der Waals surface area (Å²) < 4.78 is 0. The summed E-state index contributed by atoms with van der Waals surface area (Å²) in [5.41, 5.74) is 0.401. The van der Waals surface area contributed by atoms with Crippen LogP contribution in [0.5, 0.6) is 0 Å². The highest BCUT2D eigenvalue weighted by atomic mass is 16.3. The van der Waals surface area contributed by atoms with Crippen LogP contribution in [0.3, 0.4) is 0 Å². The van der Waals surface area contributed by atoms with Gasteiger partial charge in [-0.1, -0.05) is 70.4 Å². The van der Waals surface area contributed by atoms with Crippen LogP contribution in [0.2, 0.25) is 0 Å². The number of Topliss-reactive ketones (excluding diaryl/α,β-unsaturated/α-hetero) is 1. The Morgan fingerprint density at radius 2 is 1.61 bits per heavy atom. The number of anilines is 1. The van der Waals surface area contributed by atoms with E-state index < -0.39 is 5.72 Å². The first-order valence-corrected chi connectivity index (χ1v) is 9.27. The van der Waals surface area contributed by atoms with E-state index >= 15 is 0 Å². The maximum absolute atomic E-state index is 12.2. The average Bonchev–Trinajstić information content (AvgIpc) is 2.53. The van der Waals surface area contributed by atoms with Gasteiger partial charge in [0.05, 0.1) is 6.42 Å². The molecule has 1 aliphatic rings. The van der Waals surface area contributed by atoms with Crippen molar-refractivity contribution in [3.63, 3.8) is 0 Å². The van der Waals surface area contributed by atoms with E-state index in [2.05, 4.69) is 12.2 Å². The molecule has 0 saturated heterocycles. The molecular weight excluding hydrogens is 286 g/mol. The molecule has 0 spiro atoms. The molecule has 2 rings (SSSR count). The Hall–Kier alpha value is -1.35. The van der Waals surface area contributed by atoms with Gasteiger partial charge < -0.3 is 10.4 Å². The smallest absolute Gasteiger partial charge is 0.169 e. The number of unbranched alkanes of at least 4 members (excludes halogenated alkanes) is 8. The van der Waals surface area contributed by atoms with Crippen LogP contribution in [0, 0.1) is 0 Å². The van der Waals surface area contributed by atoms with Gasteiger partial charge in [-0.15, -0.1) is 0 Å². The Bertz CT molecular complexity index is 500. The molecular formula is C20H31NO2. The van der Waals surface area contributed by atoms with Gasteiger partial charge in [-0.05, 0) is 25.0 Å². The van der Waals surface area contributed by atoms with Gasteiger partial charge in [0, 0.05) is 11.3 Å². The Kier molecular flexibility index (Phi) is 7.10. The summed E-state index contributed by atoms with van der Waals surface area (Å²) in [4.78, 5) is 12.2. The van der Waals surface area contributed by atoms with Crippen molar-refractivity contribution >= 4 is 11.5 Å². The number of para-hydroxylation sites is 1. The van der Waals surface area contributed by atoms with Crippen molar-refractivity contribution in [2.24, 2.45) is 0 Å². The van der Waals surface area contributed by atoms with Crippen molar-refractivity contribution in [2.45, 2.75) is 83.3 Å². The number of carbonyl (C=O) groups is 1. The Labute approximate surface area is 140 Å². The second-order valence-electron chi connectivity index (χ2n) is 6.88. The molecule has 0 saturated carbocycles. The molecule has 128 valence electrons. The Morgan fingerprint density at radius 3 is 2.30 bits per heavy atom. The Morgan fingerprint density at radius 1 is 1.00 bits per heavy atom. The van der Waals surface area contributed by atoms with Gasteiger partial charge in [0.1, 0.15) is 5.72 Å². The van der Waals surface area contributed by atoms with E-state index in [4.69, 9.17) is 0 Å². The summed E-state index contributed by atoms with van der Waals surface area (Å²) >= 11 is 0. The number of hydrogen-bond donors (Lipinski definition) is 2. The number of carbonyl (C=O) groups excluding carboxylic acids is 1. The molecule has 2 N–H and O–H groups in total. The van der Waals surface area contributed by atoms with Gasteiger partial charge in [0.15, 0.2) is 5.78 Å². The first kappa shape index (κ1) is 18.0. The lowest BCUT2D eigenvalue weighted by molar-refractivity contribution is 0.0411.